The van der Waals surface area contributed by atoms with Gasteiger partial charge in [-0.25, -0.2) is 9.97 Å². The predicted molar refractivity (Wildman–Crippen MR) is 182 cm³/mol. The summed E-state index contributed by atoms with van der Waals surface area (Å²) in [7, 11) is 0. The number of nitrogens with zero attached hydrogens (tertiary/aromatic N) is 4. The van der Waals surface area contributed by atoms with E-state index >= 15 is 0 Å². The van der Waals surface area contributed by atoms with Crippen molar-refractivity contribution in [1.29, 1.82) is 0 Å². The Morgan fingerprint density at radius 1 is 0.667 bits per heavy atom. The highest BCUT2D eigenvalue weighted by molar-refractivity contribution is 6.35. The number of aromatic nitrogens is 4. The number of fused-ring (bicyclic) bond motifs is 12. The molecule has 4 heterocycles. The minimum atomic E-state index is -0.567. The Labute approximate surface area is 256 Å². The molecular weight excluding hydrogens is 552 g/mol. The van der Waals surface area contributed by atoms with Crippen LogP contribution in [0.25, 0.3) is 76.8 Å². The van der Waals surface area contributed by atoms with Crippen LogP contribution in [0.15, 0.2) is 121 Å². The molecule has 5 heteroatoms. The third kappa shape index (κ3) is 2.66. The van der Waals surface area contributed by atoms with Gasteiger partial charge < -0.3 is 4.40 Å². The van der Waals surface area contributed by atoms with Crippen LogP contribution in [0.2, 0.25) is 0 Å². The van der Waals surface area contributed by atoms with E-state index in [9.17, 15) is 4.79 Å². The number of para-hydroxylation sites is 3. The lowest BCUT2D eigenvalue weighted by molar-refractivity contribution is 0.0906. The zero-order valence-corrected chi connectivity index (χ0v) is 24.3. The Bertz CT molecular complexity index is 2870. The summed E-state index contributed by atoms with van der Waals surface area (Å²) in [6.45, 7) is 2.14. The zero-order valence-electron chi connectivity index (χ0n) is 24.3. The van der Waals surface area contributed by atoms with Crippen LogP contribution < -0.4 is 0 Å². The number of allylic oxidation sites excluding steroid dienone is 4. The van der Waals surface area contributed by atoms with E-state index < -0.39 is 5.41 Å². The smallest absolute Gasteiger partial charge is 0.235 e. The molecule has 0 radical (unpaired) electrons. The third-order valence-electron chi connectivity index (χ3n) is 10.5. The molecule has 0 aliphatic heterocycles. The summed E-state index contributed by atoms with van der Waals surface area (Å²) < 4.78 is 4.67. The van der Waals surface area contributed by atoms with Crippen LogP contribution in [0.1, 0.15) is 23.0 Å². The fraction of sp³-hybridized carbons (Fsp3) is 0.0750. The molecule has 0 amide bonds. The summed E-state index contributed by atoms with van der Waals surface area (Å²) in [6, 6.07) is 34.3. The van der Waals surface area contributed by atoms with Gasteiger partial charge in [-0.1, -0.05) is 91.0 Å². The molecule has 2 atom stereocenters. The number of rotatable bonds is 1. The standard InChI is InChI=1S/C40H24N4O/c1-40-20-9-8-15-27(40)37(45)25-14-10-16-28-33(25)38(40)42-39(41-28)44-31-19-7-3-12-23(31)34-32(44)21-26-22-11-2-5-17-29(22)43-30-18-6-4-13-24(30)35(34)36(26)43/h2-21,27H,1H3. The molecule has 0 saturated carbocycles. The first-order valence-corrected chi connectivity index (χ1v) is 15.4. The maximum Gasteiger partial charge on any atom is 0.235 e. The zero-order chi connectivity index (χ0) is 29.6. The van der Waals surface area contributed by atoms with E-state index in [1.54, 1.807) is 0 Å². The lowest BCUT2D eigenvalue weighted by Gasteiger charge is -2.38. The van der Waals surface area contributed by atoms with E-state index in [1.807, 2.05) is 36.4 Å². The van der Waals surface area contributed by atoms with Crippen molar-refractivity contribution in [3.8, 4) is 5.95 Å². The molecule has 210 valence electrons. The van der Waals surface area contributed by atoms with Crippen LogP contribution in [-0.2, 0) is 5.41 Å². The Balaban J connectivity index is 1.36. The van der Waals surface area contributed by atoms with Gasteiger partial charge in [0.05, 0.1) is 44.7 Å². The van der Waals surface area contributed by atoms with Gasteiger partial charge in [0.2, 0.25) is 5.95 Å². The van der Waals surface area contributed by atoms with Crippen LogP contribution in [-0.4, -0.2) is 24.7 Å². The molecular formula is C40H24N4O. The molecule has 5 aromatic carbocycles. The Kier molecular flexibility index (Phi) is 4.10. The quantitative estimate of drug-likeness (QED) is 0.196. The van der Waals surface area contributed by atoms with Crippen molar-refractivity contribution in [2.45, 2.75) is 12.3 Å². The van der Waals surface area contributed by atoms with E-state index in [2.05, 4.69) is 101 Å². The summed E-state index contributed by atoms with van der Waals surface area (Å²) in [5.41, 5.74) is 7.65. The second kappa shape index (κ2) is 7.82. The van der Waals surface area contributed by atoms with Gasteiger partial charge in [0.1, 0.15) is 0 Å². The molecule has 0 bridgehead atoms. The molecule has 0 N–H and O–H groups in total. The number of hydrogen-bond acceptors (Lipinski definition) is 3. The first kappa shape index (κ1) is 23.6. The highest BCUT2D eigenvalue weighted by Crippen LogP contribution is 2.48. The van der Waals surface area contributed by atoms with Gasteiger partial charge in [-0.05, 0) is 37.3 Å². The largest absolute Gasteiger partial charge is 0.308 e. The maximum atomic E-state index is 13.7. The van der Waals surface area contributed by atoms with Crippen LogP contribution in [0.4, 0.5) is 0 Å². The summed E-state index contributed by atoms with van der Waals surface area (Å²) in [5, 5.41) is 8.19. The van der Waals surface area contributed by atoms with Crippen LogP contribution >= 0.6 is 0 Å². The highest BCUT2D eigenvalue weighted by atomic mass is 16.1. The van der Waals surface area contributed by atoms with Crippen LogP contribution in [0.3, 0.4) is 0 Å². The number of Topliss-reactive ketones (excluding diaryl/α,β-unsaturated/α-hetero) is 1. The molecule has 2 aliphatic rings. The van der Waals surface area contributed by atoms with E-state index in [-0.39, 0.29) is 11.7 Å². The predicted octanol–water partition coefficient (Wildman–Crippen LogP) is 9.07. The fourth-order valence-corrected chi connectivity index (χ4v) is 8.53. The molecule has 0 fully saturated rings. The lowest BCUT2D eigenvalue weighted by Crippen LogP contribution is -2.40. The van der Waals surface area contributed by atoms with E-state index in [0.29, 0.717) is 11.5 Å². The molecule has 0 saturated heterocycles. The normalized spacial score (nSPS) is 19.4. The highest BCUT2D eigenvalue weighted by Gasteiger charge is 2.45. The fourth-order valence-electron chi connectivity index (χ4n) is 8.53. The lowest BCUT2D eigenvalue weighted by atomic mass is 9.64. The van der Waals surface area contributed by atoms with Gasteiger partial charge in [-0.15, -0.1) is 0 Å². The van der Waals surface area contributed by atoms with Gasteiger partial charge in [0, 0.05) is 48.7 Å². The second-order valence-electron chi connectivity index (χ2n) is 12.7. The number of ketones is 1. The van der Waals surface area contributed by atoms with E-state index in [4.69, 9.17) is 9.97 Å². The monoisotopic (exact) mass is 576 g/mol. The molecule has 45 heavy (non-hydrogen) atoms. The molecule has 9 aromatic rings. The molecule has 4 aromatic heterocycles. The van der Waals surface area contributed by atoms with Gasteiger partial charge in [-0.2, -0.15) is 0 Å². The van der Waals surface area contributed by atoms with Gasteiger partial charge in [-0.3, -0.25) is 9.36 Å². The van der Waals surface area contributed by atoms with Crippen molar-refractivity contribution >= 4 is 76.6 Å². The van der Waals surface area contributed by atoms with E-state index in [1.165, 1.54) is 48.9 Å². The van der Waals surface area contributed by atoms with Gasteiger partial charge in [0.15, 0.2) is 5.78 Å². The summed E-state index contributed by atoms with van der Waals surface area (Å²) in [6.07, 6.45) is 8.18. The number of carbonyl (C=O) groups excluding carboxylic acids is 1. The number of hydrogen-bond donors (Lipinski definition) is 0. The Morgan fingerprint density at radius 3 is 2.20 bits per heavy atom. The summed E-state index contributed by atoms with van der Waals surface area (Å²) >= 11 is 0. The van der Waals surface area contributed by atoms with E-state index in [0.717, 1.165) is 27.6 Å². The van der Waals surface area contributed by atoms with Crippen molar-refractivity contribution in [1.82, 2.24) is 18.9 Å². The molecule has 2 aliphatic carbocycles. The first-order valence-electron chi connectivity index (χ1n) is 15.4. The third-order valence-corrected chi connectivity index (χ3v) is 10.5. The average molecular weight is 577 g/mol. The average Bonchev–Trinajstić information content (AvgIpc) is 3.71. The Hall–Kier alpha value is -5.81. The number of benzene rings is 5. The van der Waals surface area contributed by atoms with Crippen molar-refractivity contribution in [3.63, 3.8) is 0 Å². The van der Waals surface area contributed by atoms with Crippen LogP contribution in [0.5, 0.6) is 0 Å². The molecule has 2 unspecified atom stereocenters. The molecule has 0 spiro atoms. The number of carbonyl (C=O) groups is 1. The first-order chi connectivity index (χ1) is 22.1. The molecule has 11 rings (SSSR count). The topological polar surface area (TPSA) is 52.2 Å². The summed E-state index contributed by atoms with van der Waals surface area (Å²) in [4.78, 5) is 24.4. The van der Waals surface area contributed by atoms with Gasteiger partial charge in [0.25, 0.3) is 0 Å². The van der Waals surface area contributed by atoms with Crippen LogP contribution in [0, 0.1) is 5.92 Å². The van der Waals surface area contributed by atoms with Crippen molar-refractivity contribution in [3.05, 3.63) is 133 Å². The molecule has 5 nitrogen and oxygen atoms in total. The minimum Gasteiger partial charge on any atom is -0.308 e. The van der Waals surface area contributed by atoms with Gasteiger partial charge >= 0.3 is 0 Å². The van der Waals surface area contributed by atoms with Crippen molar-refractivity contribution < 1.29 is 4.79 Å². The summed E-state index contributed by atoms with van der Waals surface area (Å²) in [5.74, 6) is 0.453. The van der Waals surface area contributed by atoms with Crippen molar-refractivity contribution in [2.24, 2.45) is 5.92 Å². The second-order valence-corrected chi connectivity index (χ2v) is 12.7. The van der Waals surface area contributed by atoms with Crippen molar-refractivity contribution in [2.75, 3.05) is 0 Å². The maximum absolute atomic E-state index is 13.7. The Morgan fingerprint density at radius 2 is 1.38 bits per heavy atom. The SMILES string of the molecule is CC12C=CC=CC1C(=O)c1cccc3nc(-n4c5ccccc5c5c6c7ccccc7n7c8ccccc8c(cc54)c67)nc2c13. The minimum absolute atomic E-state index is 0.130.